The third-order valence-electron chi connectivity index (χ3n) is 2.15. The van der Waals surface area contributed by atoms with Crippen molar-refractivity contribution < 1.29 is 15.0 Å². The van der Waals surface area contributed by atoms with E-state index in [4.69, 9.17) is 10.2 Å². The molecular weight excluding hydrogens is 210 g/mol. The molecule has 0 radical (unpaired) electrons. The molecule has 1 aromatic heterocycles. The van der Waals surface area contributed by atoms with Crippen molar-refractivity contribution in [2.45, 2.75) is 25.9 Å². The number of aromatic nitrogens is 2. The average molecular weight is 225 g/mol. The minimum atomic E-state index is -1.06. The molecule has 0 fully saturated rings. The van der Waals surface area contributed by atoms with Crippen LogP contribution in [-0.4, -0.2) is 38.3 Å². The summed E-state index contributed by atoms with van der Waals surface area (Å²) in [5, 5.41) is 21.0. The molecule has 1 heterocycles. The molecule has 0 aliphatic rings. The molecule has 1 aromatic rings. The summed E-state index contributed by atoms with van der Waals surface area (Å²) in [5.41, 5.74) is 0.00791. The van der Waals surface area contributed by atoms with Gasteiger partial charge < -0.3 is 15.5 Å². The Kier molecular flexibility index (Phi) is 3.92. The molecule has 0 amide bonds. The third kappa shape index (κ3) is 3.25. The first-order valence-corrected chi connectivity index (χ1v) is 4.84. The van der Waals surface area contributed by atoms with E-state index in [1.54, 1.807) is 0 Å². The number of nitrogens with zero attached hydrogens (tertiary/aromatic N) is 2. The van der Waals surface area contributed by atoms with Crippen LogP contribution >= 0.6 is 0 Å². The van der Waals surface area contributed by atoms with Gasteiger partial charge >= 0.3 is 5.97 Å². The van der Waals surface area contributed by atoms with Gasteiger partial charge in [0.2, 0.25) is 0 Å². The molecular formula is C10H15N3O3. The highest BCUT2D eigenvalue weighted by Gasteiger charge is 2.18. The Morgan fingerprint density at radius 1 is 1.56 bits per heavy atom. The minimum Gasteiger partial charge on any atom is -0.478 e. The summed E-state index contributed by atoms with van der Waals surface area (Å²) in [4.78, 5) is 18.4. The van der Waals surface area contributed by atoms with Crippen LogP contribution in [0.3, 0.4) is 0 Å². The zero-order valence-electron chi connectivity index (χ0n) is 9.27. The minimum absolute atomic E-state index is 0.0412. The van der Waals surface area contributed by atoms with Crippen LogP contribution in [0.1, 0.15) is 29.9 Å². The van der Waals surface area contributed by atoms with Gasteiger partial charge in [0.15, 0.2) is 0 Å². The molecule has 3 N–H and O–H groups in total. The maximum absolute atomic E-state index is 10.9. The zero-order chi connectivity index (χ0) is 12.2. The van der Waals surface area contributed by atoms with Gasteiger partial charge in [-0.1, -0.05) is 0 Å². The number of rotatable bonds is 5. The standard InChI is InChI=1S/C10H15N3O3/c1-10(2,5-14)13-4-8-7(9(15)16)3-11-6-12-8/h3,6,13-14H,4-5H2,1-2H3,(H,15,16). The number of aliphatic hydroxyl groups excluding tert-OH is 1. The third-order valence-corrected chi connectivity index (χ3v) is 2.15. The lowest BCUT2D eigenvalue weighted by Gasteiger charge is -2.23. The summed E-state index contributed by atoms with van der Waals surface area (Å²) >= 11 is 0. The van der Waals surface area contributed by atoms with E-state index in [-0.39, 0.29) is 18.7 Å². The lowest BCUT2D eigenvalue weighted by Crippen LogP contribution is -2.42. The number of hydrogen-bond donors (Lipinski definition) is 3. The van der Waals surface area contributed by atoms with E-state index in [0.29, 0.717) is 5.69 Å². The van der Waals surface area contributed by atoms with Crippen LogP contribution in [0.25, 0.3) is 0 Å². The van der Waals surface area contributed by atoms with Crippen molar-refractivity contribution >= 4 is 5.97 Å². The topological polar surface area (TPSA) is 95.3 Å². The van der Waals surface area contributed by atoms with Crippen LogP contribution in [0, 0.1) is 0 Å². The van der Waals surface area contributed by atoms with Crippen molar-refractivity contribution in [3.05, 3.63) is 23.8 Å². The Labute approximate surface area is 93.4 Å². The maximum Gasteiger partial charge on any atom is 0.339 e. The van der Waals surface area contributed by atoms with Crippen LogP contribution in [0.2, 0.25) is 0 Å². The SMILES string of the molecule is CC(C)(CO)NCc1ncncc1C(=O)O. The molecule has 88 valence electrons. The van der Waals surface area contributed by atoms with Crippen LogP contribution < -0.4 is 5.32 Å². The summed E-state index contributed by atoms with van der Waals surface area (Å²) in [7, 11) is 0. The van der Waals surface area contributed by atoms with Crippen LogP contribution in [0.15, 0.2) is 12.5 Å². The monoisotopic (exact) mass is 225 g/mol. The average Bonchev–Trinajstić information content (AvgIpc) is 2.27. The Hall–Kier alpha value is -1.53. The van der Waals surface area contributed by atoms with Crippen LogP contribution in [-0.2, 0) is 6.54 Å². The normalized spacial score (nSPS) is 11.4. The fourth-order valence-electron chi connectivity index (χ4n) is 1.05. The van der Waals surface area contributed by atoms with Crippen molar-refractivity contribution in [3.63, 3.8) is 0 Å². The van der Waals surface area contributed by atoms with Crippen LogP contribution in [0.4, 0.5) is 0 Å². The van der Waals surface area contributed by atoms with Crippen molar-refractivity contribution in [2.24, 2.45) is 0 Å². The highest BCUT2D eigenvalue weighted by Crippen LogP contribution is 2.06. The molecule has 0 saturated carbocycles. The van der Waals surface area contributed by atoms with Crippen molar-refractivity contribution in [3.8, 4) is 0 Å². The van der Waals surface area contributed by atoms with Crippen molar-refractivity contribution in [1.29, 1.82) is 0 Å². The number of aromatic carboxylic acids is 1. The van der Waals surface area contributed by atoms with E-state index in [1.807, 2.05) is 13.8 Å². The Morgan fingerprint density at radius 3 is 2.81 bits per heavy atom. The number of hydrogen-bond acceptors (Lipinski definition) is 5. The molecule has 0 aromatic carbocycles. The second-order valence-electron chi connectivity index (χ2n) is 4.08. The van der Waals surface area contributed by atoms with E-state index in [2.05, 4.69) is 15.3 Å². The van der Waals surface area contributed by atoms with E-state index in [0.717, 1.165) is 0 Å². The van der Waals surface area contributed by atoms with Crippen molar-refractivity contribution in [2.75, 3.05) is 6.61 Å². The van der Waals surface area contributed by atoms with E-state index in [9.17, 15) is 4.79 Å². The summed E-state index contributed by atoms with van der Waals surface area (Å²) in [6, 6.07) is 0. The van der Waals surface area contributed by atoms with Gasteiger partial charge in [-0.15, -0.1) is 0 Å². The molecule has 0 unspecified atom stereocenters. The van der Waals surface area contributed by atoms with Gasteiger partial charge in [0.05, 0.1) is 12.3 Å². The molecule has 0 atom stereocenters. The second kappa shape index (κ2) is 5.00. The zero-order valence-corrected chi connectivity index (χ0v) is 9.27. The number of carbonyl (C=O) groups is 1. The highest BCUT2D eigenvalue weighted by molar-refractivity contribution is 5.88. The lowest BCUT2D eigenvalue weighted by atomic mass is 10.1. The van der Waals surface area contributed by atoms with Gasteiger partial charge in [-0.2, -0.15) is 0 Å². The molecule has 0 aliphatic carbocycles. The van der Waals surface area contributed by atoms with Gasteiger partial charge in [-0.3, -0.25) is 0 Å². The largest absolute Gasteiger partial charge is 0.478 e. The van der Waals surface area contributed by atoms with Gasteiger partial charge in [-0.25, -0.2) is 14.8 Å². The number of nitrogens with one attached hydrogen (secondary N) is 1. The van der Waals surface area contributed by atoms with Gasteiger partial charge in [0, 0.05) is 18.3 Å². The molecule has 0 spiro atoms. The Bertz CT molecular complexity index is 379. The molecule has 16 heavy (non-hydrogen) atoms. The van der Waals surface area contributed by atoms with Gasteiger partial charge in [0.25, 0.3) is 0 Å². The highest BCUT2D eigenvalue weighted by atomic mass is 16.4. The van der Waals surface area contributed by atoms with E-state index >= 15 is 0 Å². The maximum atomic E-state index is 10.9. The molecule has 0 saturated heterocycles. The second-order valence-corrected chi connectivity index (χ2v) is 4.08. The molecule has 6 heteroatoms. The first kappa shape index (κ1) is 12.5. The fraction of sp³-hybridized carbons (Fsp3) is 0.500. The predicted molar refractivity (Wildman–Crippen MR) is 57.0 cm³/mol. The molecule has 0 bridgehead atoms. The molecule has 0 aliphatic heterocycles. The van der Waals surface area contributed by atoms with Crippen LogP contribution in [0.5, 0.6) is 0 Å². The number of carboxylic acid groups (broad SMARTS) is 1. The first-order valence-electron chi connectivity index (χ1n) is 4.84. The summed E-state index contributed by atoms with van der Waals surface area (Å²) in [6.45, 7) is 3.86. The first-order chi connectivity index (χ1) is 7.46. The molecule has 1 rings (SSSR count). The lowest BCUT2D eigenvalue weighted by molar-refractivity contribution is 0.0694. The predicted octanol–water partition coefficient (Wildman–Crippen LogP) is 0.0353. The fourth-order valence-corrected chi connectivity index (χ4v) is 1.05. The number of aliphatic hydroxyl groups is 1. The van der Waals surface area contributed by atoms with Crippen molar-refractivity contribution in [1.82, 2.24) is 15.3 Å². The van der Waals surface area contributed by atoms with E-state index in [1.165, 1.54) is 12.5 Å². The van der Waals surface area contributed by atoms with Gasteiger partial charge in [0.1, 0.15) is 11.9 Å². The smallest absolute Gasteiger partial charge is 0.339 e. The Morgan fingerprint density at radius 2 is 2.25 bits per heavy atom. The summed E-state index contributed by atoms with van der Waals surface area (Å²) in [6.07, 6.45) is 2.56. The summed E-state index contributed by atoms with van der Waals surface area (Å²) < 4.78 is 0. The Balaban J connectivity index is 2.78. The molecule has 6 nitrogen and oxygen atoms in total. The van der Waals surface area contributed by atoms with E-state index < -0.39 is 11.5 Å². The quantitative estimate of drug-likeness (QED) is 0.654. The number of carboxylic acids is 1. The van der Waals surface area contributed by atoms with Gasteiger partial charge in [-0.05, 0) is 13.8 Å². The summed E-state index contributed by atoms with van der Waals surface area (Å²) in [5.74, 6) is -1.06.